The number of aromatic nitrogens is 1. The summed E-state index contributed by atoms with van der Waals surface area (Å²) < 4.78 is 2.52. The SMILES string of the molecule is Cc1ccc(-c2cccc(-n3c4ccc(C(C)(C)C)cc4c4cc(C(C)(C)C)ccc43)c2C(C)(C)C)cc1. The summed E-state index contributed by atoms with van der Waals surface area (Å²) in [4.78, 5) is 0. The minimum atomic E-state index is -0.0452. The minimum absolute atomic E-state index is 0.0452. The zero-order valence-electron chi connectivity index (χ0n) is 25.0. The Balaban J connectivity index is 1.91. The molecule has 38 heavy (non-hydrogen) atoms. The van der Waals surface area contributed by atoms with Gasteiger partial charge in [0.15, 0.2) is 0 Å². The van der Waals surface area contributed by atoms with Crippen LogP contribution < -0.4 is 0 Å². The first-order valence-corrected chi connectivity index (χ1v) is 14.0. The molecule has 1 nitrogen and oxygen atoms in total. The summed E-state index contributed by atoms with van der Waals surface area (Å²) in [6.07, 6.45) is 0. The predicted molar refractivity (Wildman–Crippen MR) is 167 cm³/mol. The maximum atomic E-state index is 2.52. The van der Waals surface area contributed by atoms with E-state index in [4.69, 9.17) is 0 Å². The molecular formula is C37H43N. The highest BCUT2D eigenvalue weighted by molar-refractivity contribution is 6.10. The number of hydrogen-bond donors (Lipinski definition) is 0. The van der Waals surface area contributed by atoms with Crippen LogP contribution in [0.5, 0.6) is 0 Å². The van der Waals surface area contributed by atoms with Crippen molar-refractivity contribution in [2.75, 3.05) is 0 Å². The van der Waals surface area contributed by atoms with E-state index in [0.29, 0.717) is 0 Å². The Kier molecular flexibility index (Phi) is 6.14. The van der Waals surface area contributed by atoms with Gasteiger partial charge in [-0.25, -0.2) is 0 Å². The van der Waals surface area contributed by atoms with Crippen molar-refractivity contribution >= 4 is 21.8 Å². The lowest BCUT2D eigenvalue weighted by atomic mass is 9.80. The third-order valence-corrected chi connectivity index (χ3v) is 7.89. The molecule has 1 aromatic heterocycles. The summed E-state index contributed by atoms with van der Waals surface area (Å²) in [6.45, 7) is 23.0. The Morgan fingerprint density at radius 2 is 1.03 bits per heavy atom. The minimum Gasteiger partial charge on any atom is -0.309 e. The van der Waals surface area contributed by atoms with Gasteiger partial charge in [0, 0.05) is 10.8 Å². The highest BCUT2D eigenvalue weighted by atomic mass is 15.0. The van der Waals surface area contributed by atoms with Crippen molar-refractivity contribution in [1.29, 1.82) is 0 Å². The molecule has 5 aromatic rings. The number of rotatable bonds is 2. The van der Waals surface area contributed by atoms with E-state index >= 15 is 0 Å². The van der Waals surface area contributed by atoms with E-state index in [-0.39, 0.29) is 16.2 Å². The van der Waals surface area contributed by atoms with Crippen LogP contribution in [0.2, 0.25) is 0 Å². The molecule has 0 aliphatic rings. The average Bonchev–Trinajstić information content (AvgIpc) is 3.15. The van der Waals surface area contributed by atoms with Crippen LogP contribution in [0.25, 0.3) is 38.6 Å². The number of fused-ring (bicyclic) bond motifs is 3. The zero-order valence-corrected chi connectivity index (χ0v) is 25.0. The standard InChI is InChI=1S/C37H43N/c1-24-14-16-25(17-15-24)28-12-11-13-33(34(28)37(8,9)10)38-31-20-18-26(35(2,3)4)22-29(31)30-23-27(36(5,6)7)19-21-32(30)38/h11-23H,1-10H3. The van der Waals surface area contributed by atoms with Crippen LogP contribution in [0.3, 0.4) is 0 Å². The molecule has 0 fully saturated rings. The molecule has 0 amide bonds. The highest BCUT2D eigenvalue weighted by Gasteiger charge is 2.27. The molecule has 0 aliphatic carbocycles. The lowest BCUT2D eigenvalue weighted by Crippen LogP contribution is -2.17. The summed E-state index contributed by atoms with van der Waals surface area (Å²) >= 11 is 0. The van der Waals surface area contributed by atoms with Gasteiger partial charge in [0.2, 0.25) is 0 Å². The maximum absolute atomic E-state index is 2.52. The van der Waals surface area contributed by atoms with Crippen molar-refractivity contribution in [3.05, 3.63) is 101 Å². The second kappa shape index (κ2) is 8.87. The largest absolute Gasteiger partial charge is 0.309 e. The first kappa shape index (κ1) is 26.3. The summed E-state index contributed by atoms with van der Waals surface area (Å²) in [6, 6.07) is 30.0. The summed E-state index contributed by atoms with van der Waals surface area (Å²) in [5.41, 5.74) is 11.9. The van der Waals surface area contributed by atoms with Gasteiger partial charge in [-0.3, -0.25) is 0 Å². The maximum Gasteiger partial charge on any atom is 0.0541 e. The number of aryl methyl sites for hydroxylation is 1. The van der Waals surface area contributed by atoms with Crippen molar-refractivity contribution in [3.63, 3.8) is 0 Å². The van der Waals surface area contributed by atoms with Gasteiger partial charge < -0.3 is 4.57 Å². The average molecular weight is 502 g/mol. The van der Waals surface area contributed by atoms with E-state index in [9.17, 15) is 0 Å². The second-order valence-electron chi connectivity index (χ2n) is 14.1. The normalized spacial score (nSPS) is 13.0. The van der Waals surface area contributed by atoms with Crippen LogP contribution in [-0.2, 0) is 16.2 Å². The van der Waals surface area contributed by atoms with Crippen LogP contribution in [0.1, 0.15) is 84.6 Å². The molecule has 5 rings (SSSR count). The Morgan fingerprint density at radius 1 is 0.526 bits per heavy atom. The Labute approximate surface area is 229 Å². The fourth-order valence-corrected chi connectivity index (χ4v) is 5.70. The zero-order chi connectivity index (χ0) is 27.6. The number of nitrogens with zero attached hydrogens (tertiary/aromatic N) is 1. The van der Waals surface area contributed by atoms with E-state index in [1.54, 1.807) is 0 Å². The van der Waals surface area contributed by atoms with Crippen LogP contribution >= 0.6 is 0 Å². The molecule has 1 heteroatoms. The van der Waals surface area contributed by atoms with E-state index in [0.717, 1.165) is 0 Å². The molecule has 1 heterocycles. The van der Waals surface area contributed by atoms with Gasteiger partial charge in [0.25, 0.3) is 0 Å². The Hall–Kier alpha value is -3.32. The third-order valence-electron chi connectivity index (χ3n) is 7.89. The topological polar surface area (TPSA) is 4.93 Å². The first-order chi connectivity index (χ1) is 17.7. The molecule has 0 bridgehead atoms. The van der Waals surface area contributed by atoms with Crippen molar-refractivity contribution in [2.45, 2.75) is 85.5 Å². The second-order valence-corrected chi connectivity index (χ2v) is 14.1. The summed E-state index contributed by atoms with van der Waals surface area (Å²) in [7, 11) is 0. The summed E-state index contributed by atoms with van der Waals surface area (Å²) in [5.74, 6) is 0. The van der Waals surface area contributed by atoms with Gasteiger partial charge in [-0.2, -0.15) is 0 Å². The smallest absolute Gasteiger partial charge is 0.0541 e. The Bertz CT molecular complexity index is 1570. The van der Waals surface area contributed by atoms with Gasteiger partial charge in [-0.05, 0) is 81.3 Å². The lowest BCUT2D eigenvalue weighted by Gasteiger charge is -2.28. The van der Waals surface area contributed by atoms with Crippen molar-refractivity contribution < 1.29 is 0 Å². The Morgan fingerprint density at radius 3 is 1.47 bits per heavy atom. The fourth-order valence-electron chi connectivity index (χ4n) is 5.70. The summed E-state index contributed by atoms with van der Waals surface area (Å²) in [5, 5.41) is 2.67. The fraction of sp³-hybridized carbons (Fsp3) is 0.351. The quantitative estimate of drug-likeness (QED) is 0.227. The molecule has 0 unspecified atom stereocenters. The van der Waals surface area contributed by atoms with Crippen LogP contribution in [0.4, 0.5) is 0 Å². The number of hydrogen-bond acceptors (Lipinski definition) is 0. The van der Waals surface area contributed by atoms with E-state index in [2.05, 4.69) is 153 Å². The van der Waals surface area contributed by atoms with E-state index in [1.165, 1.54) is 60.9 Å². The van der Waals surface area contributed by atoms with Crippen LogP contribution in [0, 0.1) is 6.92 Å². The van der Waals surface area contributed by atoms with Crippen molar-refractivity contribution in [1.82, 2.24) is 4.57 Å². The van der Waals surface area contributed by atoms with Crippen LogP contribution in [-0.4, -0.2) is 4.57 Å². The third kappa shape index (κ3) is 4.57. The van der Waals surface area contributed by atoms with E-state index < -0.39 is 0 Å². The molecule has 0 N–H and O–H groups in total. The predicted octanol–water partition coefficient (Wildman–Crippen LogP) is 10.7. The molecule has 0 aliphatic heterocycles. The van der Waals surface area contributed by atoms with Gasteiger partial charge in [-0.1, -0.05) is 116 Å². The lowest BCUT2D eigenvalue weighted by molar-refractivity contribution is 0.589. The number of benzene rings is 4. The molecule has 0 radical (unpaired) electrons. The first-order valence-electron chi connectivity index (χ1n) is 14.0. The molecule has 0 saturated heterocycles. The van der Waals surface area contributed by atoms with Gasteiger partial charge in [0.05, 0.1) is 16.7 Å². The monoisotopic (exact) mass is 501 g/mol. The molecule has 196 valence electrons. The molecule has 0 spiro atoms. The van der Waals surface area contributed by atoms with Gasteiger partial charge in [-0.15, -0.1) is 0 Å². The highest BCUT2D eigenvalue weighted by Crippen LogP contribution is 2.42. The molecular weight excluding hydrogens is 458 g/mol. The van der Waals surface area contributed by atoms with Crippen molar-refractivity contribution in [3.8, 4) is 16.8 Å². The van der Waals surface area contributed by atoms with Gasteiger partial charge in [0.1, 0.15) is 0 Å². The van der Waals surface area contributed by atoms with Crippen LogP contribution in [0.15, 0.2) is 78.9 Å². The molecule has 4 aromatic carbocycles. The molecule has 0 saturated carbocycles. The van der Waals surface area contributed by atoms with Crippen molar-refractivity contribution in [2.24, 2.45) is 0 Å². The van der Waals surface area contributed by atoms with Gasteiger partial charge >= 0.3 is 0 Å². The van der Waals surface area contributed by atoms with E-state index in [1.807, 2.05) is 0 Å². The molecule has 0 atom stereocenters.